The number of anilines is 4. The van der Waals surface area contributed by atoms with Crippen molar-refractivity contribution in [1.29, 1.82) is 0 Å². The van der Waals surface area contributed by atoms with Crippen molar-refractivity contribution in [2.45, 2.75) is 44.9 Å². The summed E-state index contributed by atoms with van der Waals surface area (Å²) < 4.78 is 0. The van der Waals surface area contributed by atoms with Crippen LogP contribution in [0.25, 0.3) is 43.8 Å². The summed E-state index contributed by atoms with van der Waals surface area (Å²) in [5.41, 5.74) is 13.4. The van der Waals surface area contributed by atoms with E-state index in [9.17, 15) is 0 Å². The lowest BCUT2D eigenvalue weighted by molar-refractivity contribution is 0.578. The van der Waals surface area contributed by atoms with Gasteiger partial charge in [0.05, 0.1) is 0 Å². The number of fused-ring (bicyclic) bond motifs is 4. The molecule has 0 spiro atoms. The standard InChI is InChI=1S/C44H43N3/c1-45-41-16-8-7-15-32(41)27-33-17-18-34(28-42(33)45)44-38-22-20-35(46-23-9-3-10-24-46)29-39(38)43(31-13-5-2-6-14-31)37-21-19-36(30-40(37)44)47-25-11-4-12-26-47/h2,5-8,13-22,28-30H,3-4,9-12,23-27H2,1H3. The van der Waals surface area contributed by atoms with Crippen LogP contribution in [0.3, 0.4) is 0 Å². The van der Waals surface area contributed by atoms with E-state index in [1.807, 2.05) is 0 Å². The zero-order chi connectivity index (χ0) is 31.3. The highest BCUT2D eigenvalue weighted by atomic mass is 15.1. The molecule has 0 saturated carbocycles. The van der Waals surface area contributed by atoms with Crippen molar-refractivity contribution in [1.82, 2.24) is 0 Å². The van der Waals surface area contributed by atoms with Gasteiger partial charge in [0.2, 0.25) is 0 Å². The minimum absolute atomic E-state index is 0.975. The topological polar surface area (TPSA) is 9.72 Å². The van der Waals surface area contributed by atoms with E-state index in [0.29, 0.717) is 0 Å². The Balaban J connectivity index is 1.33. The molecule has 2 saturated heterocycles. The molecule has 0 radical (unpaired) electrons. The summed E-state index contributed by atoms with van der Waals surface area (Å²) >= 11 is 0. The van der Waals surface area contributed by atoms with Gasteiger partial charge in [-0.2, -0.15) is 0 Å². The summed E-state index contributed by atoms with van der Waals surface area (Å²) in [7, 11) is 2.23. The molecule has 47 heavy (non-hydrogen) atoms. The summed E-state index contributed by atoms with van der Waals surface area (Å²) in [6.45, 7) is 4.57. The zero-order valence-electron chi connectivity index (χ0n) is 27.5. The van der Waals surface area contributed by atoms with Crippen LogP contribution >= 0.6 is 0 Å². The van der Waals surface area contributed by atoms with Gasteiger partial charge in [0.25, 0.3) is 0 Å². The largest absolute Gasteiger partial charge is 0.372 e. The van der Waals surface area contributed by atoms with E-state index in [-0.39, 0.29) is 0 Å². The second kappa shape index (κ2) is 11.8. The third-order valence-corrected chi connectivity index (χ3v) is 11.1. The Morgan fingerprint density at radius 2 is 0.979 bits per heavy atom. The van der Waals surface area contributed by atoms with Gasteiger partial charge in [0.1, 0.15) is 0 Å². The van der Waals surface area contributed by atoms with E-state index in [2.05, 4.69) is 131 Å². The normalized spacial score (nSPS) is 16.4. The summed E-state index contributed by atoms with van der Waals surface area (Å²) in [4.78, 5) is 7.61. The molecular formula is C44H43N3. The predicted octanol–water partition coefficient (Wildman–Crippen LogP) is 11.0. The van der Waals surface area contributed by atoms with Gasteiger partial charge in [-0.05, 0) is 130 Å². The molecule has 3 heteroatoms. The molecule has 0 N–H and O–H groups in total. The molecule has 3 nitrogen and oxygen atoms in total. The first kappa shape index (κ1) is 28.5. The highest BCUT2D eigenvalue weighted by Gasteiger charge is 2.24. The summed E-state index contributed by atoms with van der Waals surface area (Å²) in [6, 6.07) is 41.9. The van der Waals surface area contributed by atoms with Gasteiger partial charge < -0.3 is 14.7 Å². The molecule has 2 fully saturated rings. The third kappa shape index (κ3) is 4.95. The van der Waals surface area contributed by atoms with Crippen LogP contribution in [-0.2, 0) is 6.42 Å². The van der Waals surface area contributed by atoms with Crippen LogP contribution < -0.4 is 14.7 Å². The van der Waals surface area contributed by atoms with Crippen LogP contribution in [0.2, 0.25) is 0 Å². The van der Waals surface area contributed by atoms with E-state index >= 15 is 0 Å². The average molecular weight is 614 g/mol. The molecule has 3 aliphatic rings. The van der Waals surface area contributed by atoms with Crippen molar-refractivity contribution in [3.8, 4) is 22.3 Å². The lowest BCUT2D eigenvalue weighted by atomic mass is 9.84. The number of rotatable bonds is 4. The molecule has 6 aromatic rings. The Kier molecular flexibility index (Phi) is 7.14. The van der Waals surface area contributed by atoms with Crippen LogP contribution in [0.4, 0.5) is 22.7 Å². The Labute approximate surface area is 279 Å². The lowest BCUT2D eigenvalue weighted by Gasteiger charge is -2.31. The van der Waals surface area contributed by atoms with Crippen molar-refractivity contribution in [2.75, 3.05) is 47.9 Å². The highest BCUT2D eigenvalue weighted by molar-refractivity contribution is 6.22. The number of hydrogen-bond donors (Lipinski definition) is 0. The molecule has 0 aromatic heterocycles. The first-order valence-corrected chi connectivity index (χ1v) is 17.8. The molecule has 9 rings (SSSR count). The molecule has 3 aliphatic heterocycles. The summed E-state index contributed by atoms with van der Waals surface area (Å²) in [5, 5.41) is 5.38. The van der Waals surface area contributed by atoms with Crippen molar-refractivity contribution in [3.63, 3.8) is 0 Å². The second-order valence-electron chi connectivity index (χ2n) is 13.9. The maximum absolute atomic E-state index is 2.61. The molecule has 3 heterocycles. The van der Waals surface area contributed by atoms with Crippen molar-refractivity contribution in [2.24, 2.45) is 0 Å². The first-order valence-electron chi connectivity index (χ1n) is 17.8. The van der Waals surface area contributed by atoms with Crippen LogP contribution in [0.1, 0.15) is 49.7 Å². The molecule has 0 atom stereocenters. The summed E-state index contributed by atoms with van der Waals surface area (Å²) in [5.74, 6) is 0. The molecule has 0 amide bonds. The van der Waals surface area contributed by atoms with Crippen LogP contribution in [-0.4, -0.2) is 33.2 Å². The fourth-order valence-corrected chi connectivity index (χ4v) is 8.63. The zero-order valence-corrected chi connectivity index (χ0v) is 27.5. The first-order chi connectivity index (χ1) is 23.2. The maximum atomic E-state index is 2.61. The fourth-order valence-electron chi connectivity index (χ4n) is 8.63. The monoisotopic (exact) mass is 613 g/mol. The predicted molar refractivity (Wildman–Crippen MR) is 202 cm³/mol. The van der Waals surface area contributed by atoms with Crippen molar-refractivity contribution >= 4 is 44.3 Å². The van der Waals surface area contributed by atoms with Crippen LogP contribution in [0, 0.1) is 0 Å². The van der Waals surface area contributed by atoms with E-state index in [0.717, 1.165) is 32.6 Å². The molecule has 0 unspecified atom stereocenters. The molecular weight excluding hydrogens is 571 g/mol. The third-order valence-electron chi connectivity index (χ3n) is 11.1. The van der Waals surface area contributed by atoms with E-state index in [4.69, 9.17) is 0 Å². The Hall–Kier alpha value is -4.76. The minimum Gasteiger partial charge on any atom is -0.372 e. The number of hydrogen-bond acceptors (Lipinski definition) is 3. The van der Waals surface area contributed by atoms with Crippen LogP contribution in [0.15, 0.2) is 109 Å². The number of benzene rings is 6. The van der Waals surface area contributed by atoms with Crippen molar-refractivity contribution in [3.05, 3.63) is 120 Å². The Morgan fingerprint density at radius 3 is 1.62 bits per heavy atom. The average Bonchev–Trinajstić information content (AvgIpc) is 3.14. The molecule has 0 bridgehead atoms. The van der Waals surface area contributed by atoms with Gasteiger partial charge in [-0.1, -0.05) is 72.8 Å². The highest BCUT2D eigenvalue weighted by Crippen LogP contribution is 2.48. The second-order valence-corrected chi connectivity index (χ2v) is 13.9. The van der Waals surface area contributed by atoms with E-state index in [1.165, 1.54) is 116 Å². The van der Waals surface area contributed by atoms with E-state index < -0.39 is 0 Å². The summed E-state index contributed by atoms with van der Waals surface area (Å²) in [6.07, 6.45) is 8.75. The molecule has 6 aromatic carbocycles. The van der Waals surface area contributed by atoms with E-state index in [1.54, 1.807) is 0 Å². The smallest absolute Gasteiger partial charge is 0.0450 e. The van der Waals surface area contributed by atoms with Gasteiger partial charge in [-0.3, -0.25) is 0 Å². The van der Waals surface area contributed by atoms with Gasteiger partial charge in [-0.15, -0.1) is 0 Å². The molecule has 0 aliphatic carbocycles. The van der Waals surface area contributed by atoms with Gasteiger partial charge in [-0.25, -0.2) is 0 Å². The Bertz CT molecular complexity index is 2100. The molecule has 234 valence electrons. The quantitative estimate of drug-likeness (QED) is 0.183. The van der Waals surface area contributed by atoms with Crippen LogP contribution in [0.5, 0.6) is 0 Å². The fraction of sp³-hybridized carbons (Fsp3) is 0.273. The van der Waals surface area contributed by atoms with Crippen molar-refractivity contribution < 1.29 is 0 Å². The van der Waals surface area contributed by atoms with Gasteiger partial charge in [0.15, 0.2) is 0 Å². The lowest BCUT2D eigenvalue weighted by Crippen LogP contribution is -2.29. The SMILES string of the molecule is CN1c2ccccc2Cc2ccc(-c3c4ccc(N5CCCCC5)cc4c(-c4ccccc4)c4ccc(N5CCCCC5)cc34)cc21. The number of piperidine rings is 2. The minimum atomic E-state index is 0.975. The number of para-hydroxylation sites is 1. The Morgan fingerprint density at radius 1 is 0.426 bits per heavy atom. The van der Waals surface area contributed by atoms with Gasteiger partial charge in [0, 0.05) is 62.4 Å². The number of nitrogens with zero attached hydrogens (tertiary/aromatic N) is 3. The van der Waals surface area contributed by atoms with Gasteiger partial charge >= 0.3 is 0 Å². The maximum Gasteiger partial charge on any atom is 0.0450 e.